The van der Waals surface area contributed by atoms with E-state index in [0.29, 0.717) is 11.0 Å². The van der Waals surface area contributed by atoms with Gasteiger partial charge in [0.15, 0.2) is 0 Å². The van der Waals surface area contributed by atoms with Crippen LogP contribution in [0.25, 0.3) is 11.0 Å². The Bertz CT molecular complexity index is 741. The van der Waals surface area contributed by atoms with Crippen molar-refractivity contribution in [2.45, 2.75) is 0 Å². The average molecular weight is 277 g/mol. The number of carbonyl (C=O) groups is 1. The van der Waals surface area contributed by atoms with E-state index in [2.05, 4.69) is 10.3 Å². The lowest BCUT2D eigenvalue weighted by Crippen LogP contribution is -3.00. The summed E-state index contributed by atoms with van der Waals surface area (Å²) in [5, 5.41) is 7.63. The third kappa shape index (κ3) is 2.20. The Balaban J connectivity index is 0.00000133. The molecular formula is C13H8ClFN3O-. The summed E-state index contributed by atoms with van der Waals surface area (Å²) in [6, 6.07) is 12.8. The summed E-state index contributed by atoms with van der Waals surface area (Å²) in [5.74, 6) is -1.09. The summed E-state index contributed by atoms with van der Waals surface area (Å²) in [5.41, 5.74) is 1.14. The molecule has 1 aromatic heterocycles. The predicted octanol–water partition coefficient (Wildman–Crippen LogP) is -0.737. The van der Waals surface area contributed by atoms with Crippen LogP contribution < -0.4 is 12.4 Å². The molecule has 3 aromatic rings. The molecule has 0 unspecified atom stereocenters. The van der Waals surface area contributed by atoms with Crippen molar-refractivity contribution in [1.82, 2.24) is 15.0 Å². The number of rotatable bonds is 1. The second-order valence-corrected chi connectivity index (χ2v) is 3.77. The van der Waals surface area contributed by atoms with E-state index in [4.69, 9.17) is 0 Å². The molecule has 0 spiro atoms. The highest BCUT2D eigenvalue weighted by molar-refractivity contribution is 6.00. The van der Waals surface area contributed by atoms with Gasteiger partial charge in [0, 0.05) is 0 Å². The van der Waals surface area contributed by atoms with Crippen LogP contribution in [0.3, 0.4) is 0 Å². The Labute approximate surface area is 114 Å². The first-order chi connectivity index (χ1) is 8.77. The van der Waals surface area contributed by atoms with Gasteiger partial charge in [0.05, 0.1) is 11.1 Å². The van der Waals surface area contributed by atoms with Crippen LogP contribution in [0.2, 0.25) is 0 Å². The van der Waals surface area contributed by atoms with Crippen LogP contribution in [-0.2, 0) is 0 Å². The fourth-order valence-electron chi connectivity index (χ4n) is 1.77. The molecule has 6 heteroatoms. The molecule has 1 heterocycles. The first kappa shape index (κ1) is 13.2. The molecule has 0 saturated heterocycles. The quantitative estimate of drug-likeness (QED) is 0.588. The van der Waals surface area contributed by atoms with Crippen LogP contribution >= 0.6 is 0 Å². The third-order valence-corrected chi connectivity index (χ3v) is 2.65. The second kappa shape index (κ2) is 5.16. The summed E-state index contributed by atoms with van der Waals surface area (Å²) in [6.45, 7) is 0. The van der Waals surface area contributed by atoms with Crippen molar-refractivity contribution in [2.75, 3.05) is 0 Å². The lowest BCUT2D eigenvalue weighted by atomic mass is 10.2. The number of hydrogen-bond acceptors (Lipinski definition) is 3. The summed E-state index contributed by atoms with van der Waals surface area (Å²) in [6.07, 6.45) is 0. The maximum Gasteiger partial charge on any atom is 0.283 e. The Morgan fingerprint density at radius 2 is 1.74 bits per heavy atom. The largest absolute Gasteiger partial charge is 1.00 e. The molecule has 4 nitrogen and oxygen atoms in total. The first-order valence-corrected chi connectivity index (χ1v) is 5.37. The van der Waals surface area contributed by atoms with Gasteiger partial charge in [-0.3, -0.25) is 4.79 Å². The zero-order valence-corrected chi connectivity index (χ0v) is 10.4. The van der Waals surface area contributed by atoms with Crippen LogP contribution in [0, 0.1) is 5.82 Å². The van der Waals surface area contributed by atoms with Gasteiger partial charge in [-0.1, -0.05) is 29.5 Å². The van der Waals surface area contributed by atoms with Gasteiger partial charge in [0.2, 0.25) is 0 Å². The predicted molar refractivity (Wildman–Crippen MR) is 63.7 cm³/mol. The zero-order chi connectivity index (χ0) is 12.5. The summed E-state index contributed by atoms with van der Waals surface area (Å²) in [7, 11) is 0. The Hall–Kier alpha value is -2.27. The molecule has 0 aliphatic rings. The van der Waals surface area contributed by atoms with Crippen molar-refractivity contribution < 1.29 is 21.6 Å². The fraction of sp³-hybridized carbons (Fsp3) is 0. The van der Waals surface area contributed by atoms with Crippen LogP contribution in [0.15, 0.2) is 48.5 Å². The smallest absolute Gasteiger partial charge is 0.283 e. The van der Waals surface area contributed by atoms with Gasteiger partial charge in [-0.2, -0.15) is 4.68 Å². The topological polar surface area (TPSA) is 47.8 Å². The molecule has 0 fully saturated rings. The van der Waals surface area contributed by atoms with Gasteiger partial charge < -0.3 is 12.4 Å². The molecule has 0 atom stereocenters. The van der Waals surface area contributed by atoms with Crippen molar-refractivity contribution in [3.8, 4) is 0 Å². The van der Waals surface area contributed by atoms with Gasteiger partial charge in [-0.25, -0.2) is 4.39 Å². The van der Waals surface area contributed by atoms with Crippen molar-refractivity contribution in [3.63, 3.8) is 0 Å². The molecular weight excluding hydrogens is 269 g/mol. The van der Waals surface area contributed by atoms with Crippen molar-refractivity contribution in [3.05, 3.63) is 59.9 Å². The van der Waals surface area contributed by atoms with E-state index in [1.165, 1.54) is 18.2 Å². The van der Waals surface area contributed by atoms with Crippen molar-refractivity contribution in [1.29, 1.82) is 0 Å². The number of para-hydroxylation sites is 1. The van der Waals surface area contributed by atoms with E-state index in [0.717, 1.165) is 4.68 Å². The summed E-state index contributed by atoms with van der Waals surface area (Å²) in [4.78, 5) is 12.2. The van der Waals surface area contributed by atoms with Crippen LogP contribution in [0.5, 0.6) is 0 Å². The minimum absolute atomic E-state index is 0. The Morgan fingerprint density at radius 1 is 1.05 bits per heavy atom. The molecule has 19 heavy (non-hydrogen) atoms. The molecule has 0 aliphatic heterocycles. The number of aromatic nitrogens is 3. The number of carbonyl (C=O) groups excluding carboxylic acids is 1. The Kier molecular flexibility index (Phi) is 3.57. The maximum atomic E-state index is 13.5. The van der Waals surface area contributed by atoms with Crippen LogP contribution in [0.1, 0.15) is 10.4 Å². The highest BCUT2D eigenvalue weighted by Crippen LogP contribution is 2.14. The zero-order valence-electron chi connectivity index (χ0n) is 9.62. The lowest BCUT2D eigenvalue weighted by Gasteiger charge is -2.02. The Morgan fingerprint density at radius 3 is 2.53 bits per heavy atom. The molecule has 0 radical (unpaired) electrons. The van der Waals surface area contributed by atoms with Crippen molar-refractivity contribution in [2.24, 2.45) is 0 Å². The minimum atomic E-state index is -0.568. The van der Waals surface area contributed by atoms with Crippen LogP contribution in [0.4, 0.5) is 4.39 Å². The van der Waals surface area contributed by atoms with E-state index in [1.807, 2.05) is 0 Å². The highest BCUT2D eigenvalue weighted by atomic mass is 35.5. The van der Waals surface area contributed by atoms with E-state index in [9.17, 15) is 9.18 Å². The molecule has 0 N–H and O–H groups in total. The fourth-order valence-corrected chi connectivity index (χ4v) is 1.77. The minimum Gasteiger partial charge on any atom is -1.00 e. The molecule has 0 bridgehead atoms. The third-order valence-electron chi connectivity index (χ3n) is 2.65. The van der Waals surface area contributed by atoms with Gasteiger partial charge in [0.25, 0.3) is 5.91 Å². The van der Waals surface area contributed by atoms with E-state index in [1.54, 1.807) is 30.3 Å². The van der Waals surface area contributed by atoms with E-state index < -0.39 is 11.7 Å². The summed E-state index contributed by atoms with van der Waals surface area (Å²) >= 11 is 0. The number of fused-ring (bicyclic) bond motifs is 1. The van der Waals surface area contributed by atoms with Gasteiger partial charge >= 0.3 is 0 Å². The number of benzene rings is 2. The first-order valence-electron chi connectivity index (χ1n) is 5.37. The number of halogens is 2. The molecule has 0 aliphatic carbocycles. The SMILES string of the molecule is O=C(c1ccccc1F)n1nnc2ccccc21.[Cl-]. The molecule has 96 valence electrons. The monoisotopic (exact) mass is 276 g/mol. The molecule has 2 aromatic carbocycles. The van der Waals surface area contributed by atoms with Gasteiger partial charge in [0.1, 0.15) is 11.3 Å². The molecule has 3 rings (SSSR count). The molecule has 0 amide bonds. The van der Waals surface area contributed by atoms with E-state index in [-0.39, 0.29) is 18.0 Å². The maximum absolute atomic E-state index is 13.5. The van der Waals surface area contributed by atoms with Gasteiger partial charge in [-0.05, 0) is 24.3 Å². The van der Waals surface area contributed by atoms with Crippen molar-refractivity contribution >= 4 is 16.9 Å². The van der Waals surface area contributed by atoms with Gasteiger partial charge in [-0.15, -0.1) is 5.10 Å². The number of hydrogen-bond donors (Lipinski definition) is 0. The second-order valence-electron chi connectivity index (χ2n) is 3.77. The van der Waals surface area contributed by atoms with Crippen LogP contribution in [-0.4, -0.2) is 20.9 Å². The standard InChI is InChI=1S/C13H8FN3O.ClH/c14-10-6-2-1-5-9(10)13(18)17-12-8-4-3-7-11(12)15-16-17;/h1-8H;1H/p-1. The number of nitrogens with zero attached hydrogens (tertiary/aromatic N) is 3. The molecule has 0 saturated carbocycles. The average Bonchev–Trinajstić information content (AvgIpc) is 2.82. The van der Waals surface area contributed by atoms with E-state index >= 15 is 0 Å². The normalized spacial score (nSPS) is 10.2. The highest BCUT2D eigenvalue weighted by Gasteiger charge is 2.16. The lowest BCUT2D eigenvalue weighted by molar-refractivity contribution is -0.0000127. The summed E-state index contributed by atoms with van der Waals surface area (Å²) < 4.78 is 14.7.